The molecule has 4 nitrogen and oxygen atoms in total. The highest BCUT2D eigenvalue weighted by Crippen LogP contribution is 2.39. The highest BCUT2D eigenvalue weighted by atomic mass is 32.2. The molecule has 1 unspecified atom stereocenters. The van der Waals surface area contributed by atoms with E-state index in [0.717, 1.165) is 17.1 Å². The molecule has 0 bridgehead atoms. The number of carboxylic acid groups (broad SMARTS) is 1. The average Bonchev–Trinajstić information content (AvgIpc) is 3.04. The molecule has 0 aromatic carbocycles. The van der Waals surface area contributed by atoms with Crippen molar-refractivity contribution in [2.75, 3.05) is 5.75 Å². The number of thiophene rings is 1. The normalized spacial score (nSPS) is 18.1. The second kappa shape index (κ2) is 5.32. The molecule has 98 valence electrons. The van der Waals surface area contributed by atoms with Crippen LogP contribution in [0.3, 0.4) is 0 Å². The second-order valence-corrected chi connectivity index (χ2v) is 6.77. The van der Waals surface area contributed by atoms with Gasteiger partial charge in [0.15, 0.2) is 0 Å². The number of aliphatic carboxylic acids is 1. The van der Waals surface area contributed by atoms with E-state index in [2.05, 4.69) is 5.32 Å². The molecule has 1 aliphatic rings. The van der Waals surface area contributed by atoms with Crippen LogP contribution >= 0.6 is 23.1 Å². The van der Waals surface area contributed by atoms with Crippen molar-refractivity contribution >= 4 is 35.0 Å². The summed E-state index contributed by atoms with van der Waals surface area (Å²) >= 11 is 3.01. The fourth-order valence-corrected chi connectivity index (χ4v) is 3.38. The number of carbonyl (C=O) groups excluding carboxylic acids is 1. The SMILES string of the molecule is CC(NC(=O)CSc1cccs1)(C(=O)O)C1CC1. The van der Waals surface area contributed by atoms with Gasteiger partial charge in [0.05, 0.1) is 9.96 Å². The Morgan fingerprint density at radius 2 is 2.33 bits per heavy atom. The molecule has 1 saturated carbocycles. The predicted octanol–water partition coefficient (Wildman–Crippen LogP) is 2.21. The topological polar surface area (TPSA) is 66.4 Å². The first kappa shape index (κ1) is 13.4. The zero-order chi connectivity index (χ0) is 13.2. The Hall–Kier alpha value is -1.01. The van der Waals surface area contributed by atoms with Crippen LogP contribution in [0, 0.1) is 5.92 Å². The van der Waals surface area contributed by atoms with E-state index in [1.807, 2.05) is 17.5 Å². The molecule has 0 saturated heterocycles. The number of hydrogen-bond acceptors (Lipinski definition) is 4. The molecule has 1 atom stereocenters. The number of hydrogen-bond donors (Lipinski definition) is 2. The van der Waals surface area contributed by atoms with Gasteiger partial charge in [-0.2, -0.15) is 0 Å². The van der Waals surface area contributed by atoms with Gasteiger partial charge >= 0.3 is 5.97 Å². The Kier molecular flexibility index (Phi) is 3.97. The van der Waals surface area contributed by atoms with Crippen LogP contribution in [0.2, 0.25) is 0 Å². The molecular formula is C12H15NO3S2. The number of carbonyl (C=O) groups is 2. The monoisotopic (exact) mass is 285 g/mol. The van der Waals surface area contributed by atoms with Crippen LogP contribution in [-0.2, 0) is 9.59 Å². The van der Waals surface area contributed by atoms with Gasteiger partial charge in [-0.05, 0) is 37.1 Å². The molecule has 2 N–H and O–H groups in total. The van der Waals surface area contributed by atoms with Crippen LogP contribution in [0.15, 0.2) is 21.7 Å². The van der Waals surface area contributed by atoms with Gasteiger partial charge in [0.1, 0.15) is 5.54 Å². The summed E-state index contributed by atoms with van der Waals surface area (Å²) in [5.74, 6) is -0.828. The number of carboxylic acids is 1. The second-order valence-electron chi connectivity index (χ2n) is 4.55. The maximum absolute atomic E-state index is 11.8. The molecule has 18 heavy (non-hydrogen) atoms. The lowest BCUT2D eigenvalue weighted by Gasteiger charge is -2.25. The third-order valence-corrected chi connectivity index (χ3v) is 5.21. The van der Waals surface area contributed by atoms with E-state index in [1.165, 1.54) is 11.8 Å². The van der Waals surface area contributed by atoms with E-state index in [-0.39, 0.29) is 17.6 Å². The summed E-state index contributed by atoms with van der Waals surface area (Å²) in [6.45, 7) is 1.60. The summed E-state index contributed by atoms with van der Waals surface area (Å²) in [4.78, 5) is 23.1. The lowest BCUT2D eigenvalue weighted by molar-refractivity contribution is -0.147. The van der Waals surface area contributed by atoms with Crippen molar-refractivity contribution in [1.29, 1.82) is 0 Å². The summed E-state index contributed by atoms with van der Waals surface area (Å²) < 4.78 is 1.06. The molecule has 1 fully saturated rings. The number of thioether (sulfide) groups is 1. The van der Waals surface area contributed by atoms with Gasteiger partial charge in [-0.15, -0.1) is 23.1 Å². The van der Waals surface area contributed by atoms with E-state index in [4.69, 9.17) is 0 Å². The van der Waals surface area contributed by atoms with Crippen LogP contribution < -0.4 is 5.32 Å². The molecule has 2 rings (SSSR count). The Labute approximate surface area is 114 Å². The van der Waals surface area contributed by atoms with Gasteiger partial charge in [0.2, 0.25) is 5.91 Å². The molecule has 1 aromatic heterocycles. The van der Waals surface area contributed by atoms with Crippen molar-refractivity contribution < 1.29 is 14.7 Å². The summed E-state index contributed by atoms with van der Waals surface area (Å²) in [6.07, 6.45) is 1.75. The third kappa shape index (κ3) is 3.05. The minimum Gasteiger partial charge on any atom is -0.480 e. The Morgan fingerprint density at radius 3 is 2.83 bits per heavy atom. The molecular weight excluding hydrogens is 270 g/mol. The van der Waals surface area contributed by atoms with E-state index >= 15 is 0 Å². The number of nitrogens with one attached hydrogen (secondary N) is 1. The van der Waals surface area contributed by atoms with Crippen LogP contribution in [0.25, 0.3) is 0 Å². The summed E-state index contributed by atoms with van der Waals surface area (Å²) in [7, 11) is 0. The fourth-order valence-electron chi connectivity index (χ4n) is 1.80. The first-order valence-corrected chi connectivity index (χ1v) is 7.59. The molecule has 0 spiro atoms. The minimum atomic E-state index is -1.10. The summed E-state index contributed by atoms with van der Waals surface area (Å²) in [5, 5.41) is 13.8. The Balaban J connectivity index is 1.87. The van der Waals surface area contributed by atoms with Crippen molar-refractivity contribution in [2.45, 2.75) is 29.5 Å². The summed E-state index contributed by atoms with van der Waals surface area (Å²) in [6, 6.07) is 3.87. The fraction of sp³-hybridized carbons (Fsp3) is 0.500. The van der Waals surface area contributed by atoms with Gasteiger partial charge in [0, 0.05) is 0 Å². The van der Waals surface area contributed by atoms with Crippen LogP contribution in [-0.4, -0.2) is 28.3 Å². The molecule has 1 aliphatic carbocycles. The molecule has 6 heteroatoms. The number of rotatable bonds is 6. The maximum Gasteiger partial charge on any atom is 0.329 e. The summed E-state index contributed by atoms with van der Waals surface area (Å²) in [5.41, 5.74) is -1.10. The average molecular weight is 285 g/mol. The van der Waals surface area contributed by atoms with Crippen molar-refractivity contribution in [3.63, 3.8) is 0 Å². The molecule has 1 aromatic rings. The van der Waals surface area contributed by atoms with Gasteiger partial charge in [-0.3, -0.25) is 4.79 Å². The third-order valence-electron chi connectivity index (χ3n) is 3.08. The van der Waals surface area contributed by atoms with Gasteiger partial charge in [0.25, 0.3) is 0 Å². The Bertz CT molecular complexity index is 442. The van der Waals surface area contributed by atoms with Crippen molar-refractivity contribution in [2.24, 2.45) is 5.92 Å². The van der Waals surface area contributed by atoms with Crippen molar-refractivity contribution in [3.8, 4) is 0 Å². The lowest BCUT2D eigenvalue weighted by atomic mass is 9.96. The van der Waals surface area contributed by atoms with Crippen molar-refractivity contribution in [1.82, 2.24) is 5.32 Å². The first-order valence-electron chi connectivity index (χ1n) is 5.73. The van der Waals surface area contributed by atoms with Gasteiger partial charge < -0.3 is 10.4 Å². The quantitative estimate of drug-likeness (QED) is 0.786. The highest BCUT2D eigenvalue weighted by Gasteiger charge is 2.48. The van der Waals surface area contributed by atoms with E-state index < -0.39 is 11.5 Å². The lowest BCUT2D eigenvalue weighted by Crippen LogP contribution is -2.54. The van der Waals surface area contributed by atoms with E-state index in [0.29, 0.717) is 0 Å². The zero-order valence-corrected chi connectivity index (χ0v) is 11.6. The van der Waals surface area contributed by atoms with Gasteiger partial charge in [-0.25, -0.2) is 4.79 Å². The molecule has 1 amide bonds. The Morgan fingerprint density at radius 1 is 1.61 bits per heavy atom. The molecule has 1 heterocycles. The zero-order valence-electron chi connectivity index (χ0n) is 10.0. The van der Waals surface area contributed by atoms with Gasteiger partial charge in [-0.1, -0.05) is 6.07 Å². The van der Waals surface area contributed by atoms with E-state index in [1.54, 1.807) is 18.3 Å². The number of amides is 1. The predicted molar refractivity (Wildman–Crippen MR) is 72.0 cm³/mol. The first-order chi connectivity index (χ1) is 8.52. The highest BCUT2D eigenvalue weighted by molar-refractivity contribution is 8.01. The maximum atomic E-state index is 11.8. The molecule has 0 aliphatic heterocycles. The standard InChI is InChI=1S/C12H15NO3S2/c1-12(11(15)16,8-4-5-8)13-9(14)7-18-10-3-2-6-17-10/h2-3,6,8H,4-5,7H2,1H3,(H,13,14)(H,15,16). The minimum absolute atomic E-state index is 0.0747. The molecule has 0 radical (unpaired) electrons. The van der Waals surface area contributed by atoms with Crippen LogP contribution in [0.5, 0.6) is 0 Å². The van der Waals surface area contributed by atoms with Crippen LogP contribution in [0.4, 0.5) is 0 Å². The smallest absolute Gasteiger partial charge is 0.329 e. The van der Waals surface area contributed by atoms with Crippen molar-refractivity contribution in [3.05, 3.63) is 17.5 Å². The van der Waals surface area contributed by atoms with Crippen LogP contribution in [0.1, 0.15) is 19.8 Å². The largest absolute Gasteiger partial charge is 0.480 e. The van der Waals surface area contributed by atoms with E-state index in [9.17, 15) is 14.7 Å².